The third-order valence-corrected chi connectivity index (χ3v) is 4.46. The number of hydrogen-bond acceptors (Lipinski definition) is 3. The minimum atomic E-state index is -0.178. The summed E-state index contributed by atoms with van der Waals surface area (Å²) in [6.07, 6.45) is 3.49. The molecule has 0 aliphatic rings. The van der Waals surface area contributed by atoms with Crippen LogP contribution in [0.4, 0.5) is 0 Å². The van der Waals surface area contributed by atoms with Crippen molar-refractivity contribution in [1.82, 2.24) is 20.1 Å². The van der Waals surface area contributed by atoms with E-state index in [9.17, 15) is 4.79 Å². The molecule has 138 valence electrons. The molecule has 0 fully saturated rings. The molecule has 5 nitrogen and oxygen atoms in total. The smallest absolute Gasteiger partial charge is 0.255 e. The first-order valence-electron chi connectivity index (χ1n) is 9.11. The van der Waals surface area contributed by atoms with Gasteiger partial charge in [-0.25, -0.2) is 4.68 Å². The molecule has 0 aliphatic carbocycles. The molecule has 4 aromatic rings. The Bertz CT molecular complexity index is 1070. The first-order valence-corrected chi connectivity index (χ1v) is 9.11. The maximum absolute atomic E-state index is 12.9. The molecule has 2 heterocycles. The number of nitrogens with zero attached hydrogens (tertiary/aromatic N) is 3. The molecular weight excluding hydrogens is 348 g/mol. The Labute approximate surface area is 163 Å². The number of amides is 1. The molecule has 1 N–H and O–H groups in total. The van der Waals surface area contributed by atoms with E-state index in [1.54, 1.807) is 17.1 Å². The molecule has 2 aromatic carbocycles. The zero-order valence-corrected chi connectivity index (χ0v) is 15.5. The number of rotatable bonds is 5. The normalized spacial score (nSPS) is 10.6. The van der Waals surface area contributed by atoms with E-state index in [0.29, 0.717) is 17.8 Å². The maximum Gasteiger partial charge on any atom is 0.255 e. The molecule has 0 atom stereocenters. The highest BCUT2D eigenvalue weighted by molar-refractivity contribution is 5.99. The van der Waals surface area contributed by atoms with Crippen LogP contribution in [0.2, 0.25) is 0 Å². The first-order chi connectivity index (χ1) is 13.7. The van der Waals surface area contributed by atoms with E-state index < -0.39 is 0 Å². The van der Waals surface area contributed by atoms with Gasteiger partial charge >= 0.3 is 0 Å². The molecule has 0 unspecified atom stereocenters. The van der Waals surface area contributed by atoms with Gasteiger partial charge in [-0.15, -0.1) is 0 Å². The summed E-state index contributed by atoms with van der Waals surface area (Å²) in [4.78, 5) is 17.2. The number of carbonyl (C=O) groups is 1. The second-order valence-electron chi connectivity index (χ2n) is 6.54. The van der Waals surface area contributed by atoms with Crippen LogP contribution in [0.5, 0.6) is 0 Å². The molecule has 0 saturated carbocycles. The van der Waals surface area contributed by atoms with Crippen molar-refractivity contribution in [2.75, 3.05) is 0 Å². The zero-order chi connectivity index (χ0) is 19.3. The van der Waals surface area contributed by atoms with Gasteiger partial charge in [0.25, 0.3) is 5.91 Å². The standard InChI is InChI=1S/C23H20N4O/c1-17-10-12-20(13-11-17)27-16-21(22(26-27)18-7-3-2-4-8-18)23(28)25-15-19-9-5-6-14-24-19/h2-14,16H,15H2,1H3,(H,25,28). The lowest BCUT2D eigenvalue weighted by Gasteiger charge is -2.05. The second-order valence-corrected chi connectivity index (χ2v) is 6.54. The summed E-state index contributed by atoms with van der Waals surface area (Å²) in [6.45, 7) is 2.41. The minimum absolute atomic E-state index is 0.178. The maximum atomic E-state index is 12.9. The van der Waals surface area contributed by atoms with E-state index in [-0.39, 0.29) is 5.91 Å². The number of carbonyl (C=O) groups excluding carboxylic acids is 1. The van der Waals surface area contributed by atoms with Crippen LogP contribution in [-0.4, -0.2) is 20.7 Å². The fourth-order valence-electron chi connectivity index (χ4n) is 2.95. The van der Waals surface area contributed by atoms with Gasteiger partial charge < -0.3 is 5.32 Å². The van der Waals surface area contributed by atoms with Gasteiger partial charge in [-0.2, -0.15) is 5.10 Å². The Balaban J connectivity index is 1.68. The molecule has 5 heteroatoms. The van der Waals surface area contributed by atoms with Gasteiger partial charge in [-0.1, -0.05) is 54.1 Å². The van der Waals surface area contributed by atoms with Gasteiger partial charge in [-0.3, -0.25) is 9.78 Å². The second kappa shape index (κ2) is 7.88. The number of aromatic nitrogens is 3. The van der Waals surface area contributed by atoms with Crippen molar-refractivity contribution in [1.29, 1.82) is 0 Å². The molecule has 1 amide bonds. The Hall–Kier alpha value is -3.73. The average Bonchev–Trinajstić information content (AvgIpc) is 3.19. The van der Waals surface area contributed by atoms with E-state index in [1.807, 2.05) is 79.7 Å². The lowest BCUT2D eigenvalue weighted by molar-refractivity contribution is 0.0951. The fourth-order valence-corrected chi connectivity index (χ4v) is 2.95. The highest BCUT2D eigenvalue weighted by Gasteiger charge is 2.18. The highest BCUT2D eigenvalue weighted by Crippen LogP contribution is 2.24. The van der Waals surface area contributed by atoms with Crippen LogP contribution in [-0.2, 0) is 6.54 Å². The van der Waals surface area contributed by atoms with E-state index in [2.05, 4.69) is 10.3 Å². The summed E-state index contributed by atoms with van der Waals surface area (Å²) in [5, 5.41) is 7.64. The van der Waals surface area contributed by atoms with Crippen LogP contribution in [0.15, 0.2) is 85.2 Å². The number of benzene rings is 2. The molecule has 0 spiro atoms. The van der Waals surface area contributed by atoms with Crippen molar-refractivity contribution in [3.63, 3.8) is 0 Å². The Morgan fingerprint density at radius 3 is 2.43 bits per heavy atom. The Morgan fingerprint density at radius 1 is 0.964 bits per heavy atom. The van der Waals surface area contributed by atoms with E-state index in [4.69, 9.17) is 5.10 Å². The van der Waals surface area contributed by atoms with Crippen LogP contribution >= 0.6 is 0 Å². The topological polar surface area (TPSA) is 59.8 Å². The van der Waals surface area contributed by atoms with Crippen LogP contribution in [0.25, 0.3) is 16.9 Å². The predicted molar refractivity (Wildman–Crippen MR) is 109 cm³/mol. The predicted octanol–water partition coefficient (Wildman–Crippen LogP) is 4.17. The summed E-state index contributed by atoms with van der Waals surface area (Å²) < 4.78 is 1.75. The van der Waals surface area contributed by atoms with Crippen LogP contribution in [0, 0.1) is 6.92 Å². The average molecular weight is 368 g/mol. The van der Waals surface area contributed by atoms with E-state index >= 15 is 0 Å². The van der Waals surface area contributed by atoms with Crippen molar-refractivity contribution in [3.05, 3.63) is 102 Å². The number of hydrogen-bond donors (Lipinski definition) is 1. The summed E-state index contributed by atoms with van der Waals surface area (Å²) in [5.41, 5.74) is 4.97. The molecule has 0 bridgehead atoms. The van der Waals surface area contributed by atoms with Gasteiger partial charge in [-0.05, 0) is 31.2 Å². The van der Waals surface area contributed by atoms with Crippen molar-refractivity contribution in [2.24, 2.45) is 0 Å². The third kappa shape index (κ3) is 3.83. The number of pyridine rings is 1. The summed E-state index contributed by atoms with van der Waals surface area (Å²) in [5.74, 6) is -0.178. The van der Waals surface area contributed by atoms with Crippen molar-refractivity contribution in [2.45, 2.75) is 13.5 Å². The quantitative estimate of drug-likeness (QED) is 0.575. The number of aryl methyl sites for hydroxylation is 1. The Kier molecular flexibility index (Phi) is 4.97. The molecule has 0 radical (unpaired) electrons. The van der Waals surface area contributed by atoms with Gasteiger partial charge in [0.15, 0.2) is 0 Å². The molecule has 2 aromatic heterocycles. The van der Waals surface area contributed by atoms with Crippen molar-refractivity contribution < 1.29 is 4.79 Å². The summed E-state index contributed by atoms with van der Waals surface area (Å²) in [6, 6.07) is 23.4. The third-order valence-electron chi connectivity index (χ3n) is 4.46. The Morgan fingerprint density at radius 2 is 1.71 bits per heavy atom. The van der Waals surface area contributed by atoms with E-state index in [1.165, 1.54) is 5.56 Å². The lowest BCUT2D eigenvalue weighted by atomic mass is 10.1. The lowest BCUT2D eigenvalue weighted by Crippen LogP contribution is -2.23. The fraction of sp³-hybridized carbons (Fsp3) is 0.0870. The molecule has 4 rings (SSSR count). The van der Waals surface area contributed by atoms with Crippen molar-refractivity contribution >= 4 is 5.91 Å². The minimum Gasteiger partial charge on any atom is -0.346 e. The molecular formula is C23H20N4O. The largest absolute Gasteiger partial charge is 0.346 e. The van der Waals surface area contributed by atoms with E-state index in [0.717, 1.165) is 16.9 Å². The van der Waals surface area contributed by atoms with Gasteiger partial charge in [0.1, 0.15) is 5.69 Å². The summed E-state index contributed by atoms with van der Waals surface area (Å²) >= 11 is 0. The first kappa shape index (κ1) is 17.7. The monoisotopic (exact) mass is 368 g/mol. The molecule has 0 saturated heterocycles. The van der Waals surface area contributed by atoms with Crippen LogP contribution in [0.3, 0.4) is 0 Å². The SMILES string of the molecule is Cc1ccc(-n2cc(C(=O)NCc3ccccn3)c(-c3ccccc3)n2)cc1. The molecule has 0 aliphatic heterocycles. The zero-order valence-electron chi connectivity index (χ0n) is 15.5. The van der Waals surface area contributed by atoms with Gasteiger partial charge in [0, 0.05) is 18.0 Å². The summed E-state index contributed by atoms with van der Waals surface area (Å²) in [7, 11) is 0. The van der Waals surface area contributed by atoms with Crippen LogP contribution in [0.1, 0.15) is 21.6 Å². The van der Waals surface area contributed by atoms with Crippen molar-refractivity contribution in [3.8, 4) is 16.9 Å². The number of nitrogens with one attached hydrogen (secondary N) is 1. The van der Waals surface area contributed by atoms with Crippen LogP contribution < -0.4 is 5.32 Å². The van der Waals surface area contributed by atoms with Gasteiger partial charge in [0.2, 0.25) is 0 Å². The van der Waals surface area contributed by atoms with Gasteiger partial charge in [0.05, 0.1) is 23.5 Å². The molecule has 28 heavy (non-hydrogen) atoms. The highest BCUT2D eigenvalue weighted by atomic mass is 16.1.